The van der Waals surface area contributed by atoms with Gasteiger partial charge in [0.2, 0.25) is 0 Å². The van der Waals surface area contributed by atoms with Crippen LogP contribution in [0.25, 0.3) is 6.08 Å². The molecule has 1 heterocycles. The Bertz CT molecular complexity index is 1040. The van der Waals surface area contributed by atoms with Gasteiger partial charge in [0.05, 0.1) is 29.9 Å². The van der Waals surface area contributed by atoms with Gasteiger partial charge in [-0.25, -0.2) is 9.69 Å². The van der Waals surface area contributed by atoms with Gasteiger partial charge in [0.15, 0.2) is 11.5 Å². The lowest BCUT2D eigenvalue weighted by atomic mass is 10.0. The Morgan fingerprint density at radius 2 is 1.81 bits per heavy atom. The molecule has 3 rings (SSSR count). The summed E-state index contributed by atoms with van der Waals surface area (Å²) in [5, 5.41) is 10.1. The van der Waals surface area contributed by atoms with E-state index in [1.807, 2.05) is 0 Å². The molecule has 4 amide bonds. The van der Waals surface area contributed by atoms with Gasteiger partial charge in [-0.05, 0) is 58.8 Å². The Hall–Kier alpha value is -3.17. The van der Waals surface area contributed by atoms with Crippen molar-refractivity contribution in [2.75, 3.05) is 31.8 Å². The van der Waals surface area contributed by atoms with Gasteiger partial charge in [0.1, 0.15) is 5.57 Å². The highest BCUT2D eigenvalue weighted by molar-refractivity contribution is 9.10. The monoisotopic (exact) mass is 488 g/mol. The third kappa shape index (κ3) is 4.62. The molecule has 8 nitrogen and oxygen atoms in total. The lowest BCUT2D eigenvalue weighted by Crippen LogP contribution is -2.57. The maximum Gasteiger partial charge on any atom is 0.338 e. The molecule has 0 aromatic heterocycles. The third-order valence-electron chi connectivity index (χ3n) is 4.53. The maximum atomic E-state index is 13.2. The van der Waals surface area contributed by atoms with Crippen LogP contribution in [0, 0.1) is 0 Å². The molecule has 2 aromatic carbocycles. The van der Waals surface area contributed by atoms with Crippen molar-refractivity contribution in [1.82, 2.24) is 4.90 Å². The van der Waals surface area contributed by atoms with Crippen molar-refractivity contribution in [3.8, 4) is 11.5 Å². The van der Waals surface area contributed by atoms with E-state index in [-0.39, 0.29) is 30.2 Å². The number of ether oxygens (including phenoxy) is 2. The summed E-state index contributed by atoms with van der Waals surface area (Å²) in [5.74, 6) is -1.35. The zero-order chi connectivity index (χ0) is 22.5. The van der Waals surface area contributed by atoms with Crippen LogP contribution >= 0.6 is 15.9 Å². The van der Waals surface area contributed by atoms with Crippen molar-refractivity contribution in [3.63, 3.8) is 0 Å². The summed E-state index contributed by atoms with van der Waals surface area (Å²) in [6.07, 6.45) is 1.37. The number of hydrogen-bond donors (Lipinski definition) is 1. The number of carbonyl (C=O) groups excluding carboxylic acids is 3. The number of carbonyl (C=O) groups is 3. The van der Waals surface area contributed by atoms with Crippen LogP contribution in [-0.4, -0.2) is 54.7 Å². The average molecular weight is 489 g/mol. The van der Waals surface area contributed by atoms with Crippen LogP contribution in [0.5, 0.6) is 11.5 Å². The number of amides is 4. The molecule has 0 saturated carbocycles. The van der Waals surface area contributed by atoms with Crippen LogP contribution in [-0.2, 0) is 14.3 Å². The molecule has 0 radical (unpaired) electrons. The number of hydrogen-bond acceptors (Lipinski definition) is 6. The van der Waals surface area contributed by atoms with Crippen molar-refractivity contribution >= 4 is 45.5 Å². The summed E-state index contributed by atoms with van der Waals surface area (Å²) in [4.78, 5) is 41.1. The molecule has 0 atom stereocenters. The van der Waals surface area contributed by atoms with Crippen LogP contribution in [0.4, 0.5) is 10.5 Å². The molecule has 31 heavy (non-hydrogen) atoms. The van der Waals surface area contributed by atoms with Gasteiger partial charge < -0.3 is 14.6 Å². The number of phenolic OH excluding ortho intramolecular Hbond substituents is 1. The lowest BCUT2D eigenvalue weighted by Gasteiger charge is -2.33. The van der Waals surface area contributed by atoms with E-state index in [2.05, 4.69) is 15.9 Å². The molecule has 1 aliphatic rings. The fraction of sp³-hybridized carbons (Fsp3) is 0.227. The Kier molecular flexibility index (Phi) is 7.09. The summed E-state index contributed by atoms with van der Waals surface area (Å²) in [7, 11) is 1.46. The molecule has 0 bridgehead atoms. The molecule has 162 valence electrons. The summed E-state index contributed by atoms with van der Waals surface area (Å²) in [6, 6.07) is 10.7. The van der Waals surface area contributed by atoms with Crippen molar-refractivity contribution in [1.29, 1.82) is 0 Å². The van der Waals surface area contributed by atoms with E-state index in [0.717, 1.165) is 9.80 Å². The first kappa shape index (κ1) is 22.5. The zero-order valence-corrected chi connectivity index (χ0v) is 18.6. The number of rotatable bonds is 7. The summed E-state index contributed by atoms with van der Waals surface area (Å²) in [5.41, 5.74) is 0.596. The highest BCUT2D eigenvalue weighted by atomic mass is 79.9. The van der Waals surface area contributed by atoms with Gasteiger partial charge in [-0.3, -0.25) is 14.5 Å². The summed E-state index contributed by atoms with van der Waals surface area (Å²) >= 11 is 3.25. The number of aromatic hydroxyl groups is 1. The number of barbiturate groups is 1. The van der Waals surface area contributed by atoms with Gasteiger partial charge in [-0.15, -0.1) is 0 Å². The van der Waals surface area contributed by atoms with E-state index in [0.29, 0.717) is 22.3 Å². The molecule has 9 heteroatoms. The van der Waals surface area contributed by atoms with Crippen LogP contribution in [0.3, 0.4) is 0 Å². The molecule has 1 N–H and O–H groups in total. The van der Waals surface area contributed by atoms with E-state index in [1.54, 1.807) is 43.3 Å². The fourth-order valence-electron chi connectivity index (χ4n) is 3.07. The molecule has 1 aliphatic heterocycles. The van der Waals surface area contributed by atoms with Gasteiger partial charge in [-0.2, -0.15) is 0 Å². The van der Waals surface area contributed by atoms with E-state index < -0.39 is 17.8 Å². The predicted molar refractivity (Wildman–Crippen MR) is 118 cm³/mol. The molecular weight excluding hydrogens is 468 g/mol. The second-order valence-electron chi connectivity index (χ2n) is 6.55. The largest absolute Gasteiger partial charge is 0.503 e. The number of methoxy groups -OCH3 is 1. The average Bonchev–Trinajstić information content (AvgIpc) is 2.75. The van der Waals surface area contributed by atoms with Gasteiger partial charge in [0, 0.05) is 7.11 Å². The number of nitrogens with zero attached hydrogens (tertiary/aromatic N) is 2. The first-order valence-electron chi connectivity index (χ1n) is 9.50. The smallest absolute Gasteiger partial charge is 0.338 e. The molecule has 0 spiro atoms. The second kappa shape index (κ2) is 9.76. The minimum Gasteiger partial charge on any atom is -0.503 e. The Morgan fingerprint density at radius 1 is 1.10 bits per heavy atom. The number of urea groups is 1. The van der Waals surface area contributed by atoms with E-state index in [1.165, 1.54) is 19.3 Å². The number of benzene rings is 2. The van der Waals surface area contributed by atoms with Crippen LogP contribution < -0.4 is 9.64 Å². The highest BCUT2D eigenvalue weighted by Crippen LogP contribution is 2.36. The molecule has 0 aliphatic carbocycles. The first-order valence-corrected chi connectivity index (χ1v) is 10.3. The van der Waals surface area contributed by atoms with Gasteiger partial charge in [-0.1, -0.05) is 18.2 Å². The molecule has 2 aromatic rings. The minimum atomic E-state index is -0.739. The zero-order valence-electron chi connectivity index (χ0n) is 17.0. The maximum absolute atomic E-state index is 13.2. The molecule has 0 unspecified atom stereocenters. The Morgan fingerprint density at radius 3 is 2.45 bits per heavy atom. The van der Waals surface area contributed by atoms with Crippen molar-refractivity contribution in [2.24, 2.45) is 0 Å². The number of para-hydroxylation sites is 1. The molecule has 1 fully saturated rings. The second-order valence-corrected chi connectivity index (χ2v) is 7.40. The van der Waals surface area contributed by atoms with Crippen LogP contribution in [0.2, 0.25) is 0 Å². The normalized spacial score (nSPS) is 15.7. The van der Waals surface area contributed by atoms with Crippen molar-refractivity contribution in [2.45, 2.75) is 6.92 Å². The van der Waals surface area contributed by atoms with E-state index >= 15 is 0 Å². The minimum absolute atomic E-state index is 0.00834. The standard InChI is InChI=1S/C22H21BrN2O6/c1-3-31-18-13-14(12-17(23)19(18)26)11-16-20(27)24(9-10-30-2)22(29)25(21(16)28)15-7-5-4-6-8-15/h4-8,11-13,26H,3,9-10H2,1-2H3/b16-11-. The van der Waals surface area contributed by atoms with E-state index in [4.69, 9.17) is 9.47 Å². The summed E-state index contributed by atoms with van der Waals surface area (Å²) in [6.45, 7) is 2.20. The number of phenols is 1. The Balaban J connectivity index is 2.10. The van der Waals surface area contributed by atoms with Gasteiger partial charge in [0.25, 0.3) is 11.8 Å². The lowest BCUT2D eigenvalue weighted by molar-refractivity contribution is -0.129. The number of anilines is 1. The molecule has 1 saturated heterocycles. The molecular formula is C22H21BrN2O6. The summed E-state index contributed by atoms with van der Waals surface area (Å²) < 4.78 is 10.8. The Labute approximate surface area is 187 Å². The fourth-order valence-corrected chi connectivity index (χ4v) is 3.53. The van der Waals surface area contributed by atoms with Crippen LogP contribution in [0.15, 0.2) is 52.5 Å². The number of imide groups is 2. The number of halogens is 1. The predicted octanol–water partition coefficient (Wildman–Crippen LogP) is 3.58. The quantitative estimate of drug-likeness (QED) is 0.472. The van der Waals surface area contributed by atoms with Crippen molar-refractivity contribution < 1.29 is 29.0 Å². The van der Waals surface area contributed by atoms with Crippen molar-refractivity contribution in [3.05, 3.63) is 58.1 Å². The topological polar surface area (TPSA) is 96.4 Å². The third-order valence-corrected chi connectivity index (χ3v) is 5.13. The SMILES string of the molecule is CCOc1cc(/C=C2/C(=O)N(CCOC)C(=O)N(c3ccccc3)C2=O)cc(Br)c1O. The highest BCUT2D eigenvalue weighted by Gasteiger charge is 2.42. The van der Waals surface area contributed by atoms with E-state index in [9.17, 15) is 19.5 Å². The first-order chi connectivity index (χ1) is 14.9. The van der Waals surface area contributed by atoms with Gasteiger partial charge >= 0.3 is 6.03 Å². The van der Waals surface area contributed by atoms with Crippen LogP contribution in [0.1, 0.15) is 12.5 Å².